The molecule has 2 aromatic carbocycles. The number of hydrogen-bond donors (Lipinski definition) is 1. The number of rotatable bonds is 7. The summed E-state index contributed by atoms with van der Waals surface area (Å²) in [7, 11) is 6.50. The molecule has 0 amide bonds. The average molecular weight is 385 g/mol. The Balaban J connectivity index is 2.22. The molecule has 0 aromatic heterocycles. The van der Waals surface area contributed by atoms with E-state index in [4.69, 9.17) is 18.9 Å². The van der Waals surface area contributed by atoms with Gasteiger partial charge in [-0.05, 0) is 35.4 Å². The standard InChI is InChI=1S/C21H23NO6/c1-22-14-7-5-12(6-8-14)18(19-15(23)11-28-21(19)24)13-9-16(25-2)20(27-4)17(10-13)26-3/h5-10,18,22-23H,11H2,1-4H3. The highest BCUT2D eigenvalue weighted by Gasteiger charge is 2.31. The van der Waals surface area contributed by atoms with Crippen LogP contribution in [0, 0.1) is 0 Å². The Hall–Kier alpha value is -3.19. The smallest absolute Gasteiger partial charge is 0.334 e. The molecule has 1 unspecified atom stereocenters. The van der Waals surface area contributed by atoms with Crippen LogP contribution in [0.1, 0.15) is 17.0 Å². The summed E-state index contributed by atoms with van der Waals surface area (Å²) in [5.74, 6) is -0.208. The topological polar surface area (TPSA) is 93.7 Å². The fraction of sp³-hybridized carbons (Fsp3) is 0.286. The Kier molecular flexibility index (Phi) is 5.75. The van der Waals surface area contributed by atoms with E-state index in [0.717, 1.165) is 11.3 Å². The maximum Gasteiger partial charge on any atom is 0.334 e. The number of benzene rings is 2. The first kappa shape index (κ1) is 19.6. The van der Waals surface area contributed by atoms with Crippen molar-refractivity contribution in [2.45, 2.75) is 5.92 Å². The highest BCUT2D eigenvalue weighted by Crippen LogP contribution is 2.44. The first-order valence-electron chi connectivity index (χ1n) is 8.80. The lowest BCUT2D eigenvalue weighted by Crippen LogP contribution is -2.72. The predicted molar refractivity (Wildman–Crippen MR) is 99.9 cm³/mol. The number of carbonyl (C=O) groups is 1. The second-order valence-corrected chi connectivity index (χ2v) is 6.26. The quantitative estimate of drug-likeness (QED) is 0.561. The van der Waals surface area contributed by atoms with E-state index < -0.39 is 11.9 Å². The molecule has 2 N–H and O–H groups in total. The molecule has 3 rings (SSSR count). The first-order valence-corrected chi connectivity index (χ1v) is 8.80. The highest BCUT2D eigenvalue weighted by atomic mass is 16.5. The van der Waals surface area contributed by atoms with Crippen molar-refractivity contribution in [1.82, 2.24) is 0 Å². The number of cyclic esters (lactones) is 1. The molecule has 7 heteroatoms. The largest absolute Gasteiger partial charge is 0.873 e. The van der Waals surface area contributed by atoms with Gasteiger partial charge in [0.25, 0.3) is 0 Å². The van der Waals surface area contributed by atoms with Crippen LogP contribution >= 0.6 is 0 Å². The van der Waals surface area contributed by atoms with Gasteiger partial charge < -0.3 is 29.4 Å². The van der Waals surface area contributed by atoms with Crippen molar-refractivity contribution in [2.75, 3.05) is 35.0 Å². The summed E-state index contributed by atoms with van der Waals surface area (Å²) in [5, 5.41) is 14.4. The molecule has 1 atom stereocenters. The summed E-state index contributed by atoms with van der Waals surface area (Å²) < 4.78 is 21.2. The summed E-state index contributed by atoms with van der Waals surface area (Å²) in [5.41, 5.74) is 2.60. The lowest BCUT2D eigenvalue weighted by molar-refractivity contribution is -0.539. The monoisotopic (exact) mass is 385 g/mol. The molecular formula is C21H23NO6. The molecule has 1 aliphatic heterocycles. The molecule has 7 nitrogen and oxygen atoms in total. The zero-order valence-corrected chi connectivity index (χ0v) is 16.3. The van der Waals surface area contributed by atoms with Gasteiger partial charge in [-0.25, -0.2) is 4.79 Å². The van der Waals surface area contributed by atoms with Crippen molar-refractivity contribution in [3.63, 3.8) is 0 Å². The van der Waals surface area contributed by atoms with Gasteiger partial charge in [0.1, 0.15) is 12.3 Å². The molecule has 2 aromatic rings. The minimum atomic E-state index is -0.609. The lowest BCUT2D eigenvalue weighted by atomic mass is 9.84. The van der Waals surface area contributed by atoms with Gasteiger partial charge in [0, 0.05) is 11.5 Å². The Labute approximate surface area is 163 Å². The van der Waals surface area contributed by atoms with Gasteiger partial charge in [0.2, 0.25) is 5.75 Å². The normalized spacial score (nSPS) is 14.6. The van der Waals surface area contributed by atoms with Gasteiger partial charge in [-0.1, -0.05) is 17.9 Å². The number of carbonyl (C=O) groups excluding carboxylic acids is 1. The molecule has 0 saturated carbocycles. The fourth-order valence-electron chi connectivity index (χ4n) is 3.35. The van der Waals surface area contributed by atoms with Gasteiger partial charge >= 0.3 is 5.97 Å². The van der Waals surface area contributed by atoms with Crippen molar-refractivity contribution in [2.24, 2.45) is 0 Å². The average Bonchev–Trinajstić information content (AvgIpc) is 3.06. The molecule has 1 heterocycles. The van der Waals surface area contributed by atoms with Crippen LogP contribution in [0.25, 0.3) is 0 Å². The van der Waals surface area contributed by atoms with Crippen molar-refractivity contribution >= 4 is 11.7 Å². The van der Waals surface area contributed by atoms with Gasteiger partial charge in [-0.3, -0.25) is 0 Å². The number of nitrogens with two attached hydrogens (primary N) is 1. The second-order valence-electron chi connectivity index (χ2n) is 6.26. The molecule has 0 spiro atoms. The van der Waals surface area contributed by atoms with Gasteiger partial charge in [-0.15, -0.1) is 0 Å². The third kappa shape index (κ3) is 3.48. The maximum absolute atomic E-state index is 12.5. The third-order valence-corrected chi connectivity index (χ3v) is 4.77. The van der Waals surface area contributed by atoms with Gasteiger partial charge in [0.05, 0.1) is 28.4 Å². The predicted octanol–water partition coefficient (Wildman–Crippen LogP) is 0.840. The summed E-state index contributed by atoms with van der Waals surface area (Å²) in [4.78, 5) is 12.4. The van der Waals surface area contributed by atoms with E-state index >= 15 is 0 Å². The van der Waals surface area contributed by atoms with E-state index in [1.165, 1.54) is 21.3 Å². The molecule has 0 aliphatic carbocycles. The van der Waals surface area contributed by atoms with Gasteiger partial charge in [0.15, 0.2) is 11.5 Å². The minimum absolute atomic E-state index is 0.0995. The molecule has 0 radical (unpaired) electrons. The van der Waals surface area contributed by atoms with Crippen LogP contribution in [0.2, 0.25) is 0 Å². The zero-order chi connectivity index (χ0) is 20.3. The van der Waals surface area contributed by atoms with E-state index in [9.17, 15) is 9.90 Å². The van der Waals surface area contributed by atoms with Crippen molar-refractivity contribution in [3.8, 4) is 17.2 Å². The van der Waals surface area contributed by atoms with E-state index in [-0.39, 0.29) is 17.9 Å². The Bertz CT molecular complexity index is 879. The van der Waals surface area contributed by atoms with Crippen LogP contribution in [-0.4, -0.2) is 41.0 Å². The Morgan fingerprint density at radius 2 is 1.61 bits per heavy atom. The fourth-order valence-corrected chi connectivity index (χ4v) is 3.35. The van der Waals surface area contributed by atoms with Crippen LogP contribution in [0.15, 0.2) is 47.7 Å². The second kappa shape index (κ2) is 8.22. The van der Waals surface area contributed by atoms with E-state index in [1.807, 2.05) is 36.6 Å². The highest BCUT2D eigenvalue weighted by molar-refractivity contribution is 5.94. The number of quaternary nitrogens is 1. The third-order valence-electron chi connectivity index (χ3n) is 4.77. The number of esters is 1. The Morgan fingerprint density at radius 3 is 2.04 bits per heavy atom. The molecule has 0 fully saturated rings. The maximum atomic E-state index is 12.5. The van der Waals surface area contributed by atoms with Crippen LogP contribution in [0.3, 0.4) is 0 Å². The molecule has 0 saturated heterocycles. The van der Waals surface area contributed by atoms with Crippen molar-refractivity contribution < 1.29 is 34.2 Å². The zero-order valence-electron chi connectivity index (χ0n) is 16.3. The Morgan fingerprint density at radius 1 is 1.00 bits per heavy atom. The summed E-state index contributed by atoms with van der Waals surface area (Å²) in [6.45, 7) is -0.240. The van der Waals surface area contributed by atoms with Gasteiger partial charge in [-0.2, -0.15) is 0 Å². The SMILES string of the molecule is C[NH2+]c1ccc(C(C2=C([O-])COC2=O)c2cc(OC)c(OC)c(OC)c2)cc1. The number of ether oxygens (including phenoxy) is 4. The van der Waals surface area contributed by atoms with Crippen LogP contribution < -0.4 is 24.6 Å². The molecule has 28 heavy (non-hydrogen) atoms. The van der Waals surface area contributed by atoms with E-state index in [2.05, 4.69) is 0 Å². The molecule has 1 aliphatic rings. The number of methoxy groups -OCH3 is 3. The number of hydrogen-bond acceptors (Lipinski definition) is 6. The van der Waals surface area contributed by atoms with Crippen LogP contribution in [0.4, 0.5) is 5.69 Å². The van der Waals surface area contributed by atoms with Crippen molar-refractivity contribution in [1.29, 1.82) is 0 Å². The minimum Gasteiger partial charge on any atom is -0.873 e. The first-order chi connectivity index (χ1) is 13.5. The van der Waals surface area contributed by atoms with Crippen LogP contribution in [-0.2, 0) is 9.53 Å². The van der Waals surface area contributed by atoms with Crippen LogP contribution in [0.5, 0.6) is 17.2 Å². The van der Waals surface area contributed by atoms with E-state index in [0.29, 0.717) is 22.8 Å². The lowest BCUT2D eigenvalue weighted by Gasteiger charge is -2.23. The summed E-state index contributed by atoms with van der Waals surface area (Å²) in [6.07, 6.45) is 0. The summed E-state index contributed by atoms with van der Waals surface area (Å²) in [6, 6.07) is 11.2. The van der Waals surface area contributed by atoms with E-state index in [1.54, 1.807) is 12.1 Å². The summed E-state index contributed by atoms with van der Waals surface area (Å²) >= 11 is 0. The molecule has 148 valence electrons. The molecule has 0 bridgehead atoms. The molecular weight excluding hydrogens is 362 g/mol. The van der Waals surface area contributed by atoms with Crippen molar-refractivity contribution in [3.05, 3.63) is 58.9 Å².